The molecule has 2 aromatic heterocycles. The molecule has 0 radical (unpaired) electrons. The quantitative estimate of drug-likeness (QED) is 0.880. The summed E-state index contributed by atoms with van der Waals surface area (Å²) in [6.45, 7) is -1.75. The van der Waals surface area contributed by atoms with Crippen LogP contribution >= 0.6 is 0 Å². The molecule has 0 saturated heterocycles. The summed E-state index contributed by atoms with van der Waals surface area (Å²) < 4.78 is 19.2. The first kappa shape index (κ1) is 14.0. The molecular weight excluding hydrogens is 270 g/mol. The first-order valence-corrected chi connectivity index (χ1v) is 5.92. The number of nitrogens with one attached hydrogen (secondary N) is 2. The second-order valence-electron chi connectivity index (χ2n) is 4.24. The van der Waals surface area contributed by atoms with Crippen molar-refractivity contribution in [3.05, 3.63) is 44.9 Å². The van der Waals surface area contributed by atoms with Gasteiger partial charge in [0.2, 0.25) is 6.93 Å². The molecule has 2 aromatic rings. The molecule has 0 spiro atoms. The van der Waals surface area contributed by atoms with Crippen LogP contribution in [0, 0.1) is 0 Å². The highest BCUT2D eigenvalue weighted by molar-refractivity contribution is 5.56. The van der Waals surface area contributed by atoms with Gasteiger partial charge in [-0.2, -0.15) is 10.2 Å². The van der Waals surface area contributed by atoms with Crippen molar-refractivity contribution >= 4 is 0 Å². The molecule has 0 atom stereocenters. The monoisotopic (exact) mass is 286 g/mol. The smallest absolute Gasteiger partial charge is 0.313 e. The fraction of sp³-hybridized carbons (Fsp3) is 0.333. The number of rotatable bonds is 2. The molecule has 0 amide bonds. The third-order valence-corrected chi connectivity index (χ3v) is 2.82. The summed E-state index contributed by atoms with van der Waals surface area (Å²) in [6, 6.07) is 1.85. The molecular formula is C12H16F2N4O2. The van der Waals surface area contributed by atoms with E-state index in [9.17, 15) is 18.4 Å². The molecule has 1 aliphatic carbocycles. The molecule has 110 valence electrons. The normalized spacial score (nSPS) is 13.5. The van der Waals surface area contributed by atoms with Crippen LogP contribution in [0.2, 0.25) is 0 Å². The van der Waals surface area contributed by atoms with Gasteiger partial charge in [0.1, 0.15) is 5.69 Å². The van der Waals surface area contributed by atoms with E-state index in [0.29, 0.717) is 17.2 Å². The summed E-state index contributed by atoms with van der Waals surface area (Å²) in [7, 11) is 0. The Bertz CT molecular complexity index is 704. The molecule has 0 unspecified atom stereocenters. The molecule has 1 saturated carbocycles. The maximum absolute atomic E-state index is 11.6. The first-order valence-electron chi connectivity index (χ1n) is 5.92. The Labute approximate surface area is 114 Å². The standard InChI is InChI=1S/C11H10N4O2.CH2F2.2H2/c16-10-8(5-12-11(17)14-10)9-3-7(4-13-15-9)6-1-2-6;2-1-3;;/h3-6H,1-2H2,(H2,12,14,16,17);1H2;2*1H. The molecule has 0 aromatic carbocycles. The topological polar surface area (TPSA) is 91.5 Å². The SMILES string of the molecule is FCF.O=c1[nH]cc(-c2cc(C3CC3)cnn2)c(=O)[nH]1.[HH].[HH]. The summed E-state index contributed by atoms with van der Waals surface area (Å²) in [5.41, 5.74) is 0.952. The maximum Gasteiger partial charge on any atom is 0.325 e. The van der Waals surface area contributed by atoms with Crippen LogP contribution in [0.25, 0.3) is 11.3 Å². The summed E-state index contributed by atoms with van der Waals surface area (Å²) in [5, 5.41) is 7.81. The van der Waals surface area contributed by atoms with Crippen molar-refractivity contribution in [2.75, 3.05) is 6.93 Å². The number of hydrogen-bond acceptors (Lipinski definition) is 4. The number of aromatic amines is 2. The molecule has 0 bridgehead atoms. The van der Waals surface area contributed by atoms with Gasteiger partial charge in [0.05, 0.1) is 11.8 Å². The fourth-order valence-electron chi connectivity index (χ4n) is 1.75. The lowest BCUT2D eigenvalue weighted by atomic mass is 10.1. The zero-order valence-electron chi connectivity index (χ0n) is 10.4. The molecule has 1 fully saturated rings. The van der Waals surface area contributed by atoms with Gasteiger partial charge in [0.15, 0.2) is 0 Å². The Kier molecular flexibility index (Phi) is 4.34. The number of halogens is 2. The number of alkyl halides is 2. The zero-order valence-corrected chi connectivity index (χ0v) is 10.4. The molecule has 6 nitrogen and oxygen atoms in total. The van der Waals surface area contributed by atoms with Crippen molar-refractivity contribution < 1.29 is 11.6 Å². The van der Waals surface area contributed by atoms with Crippen molar-refractivity contribution in [2.24, 2.45) is 0 Å². The van der Waals surface area contributed by atoms with Gasteiger partial charge >= 0.3 is 5.69 Å². The van der Waals surface area contributed by atoms with Crippen LogP contribution in [0.1, 0.15) is 27.2 Å². The minimum atomic E-state index is -1.75. The maximum atomic E-state index is 11.6. The van der Waals surface area contributed by atoms with Crippen LogP contribution in [0.5, 0.6) is 0 Å². The van der Waals surface area contributed by atoms with Gasteiger partial charge < -0.3 is 4.98 Å². The summed E-state index contributed by atoms with van der Waals surface area (Å²) in [5.74, 6) is 0.547. The summed E-state index contributed by atoms with van der Waals surface area (Å²) in [4.78, 5) is 27.1. The number of hydrogen-bond donors (Lipinski definition) is 2. The van der Waals surface area contributed by atoms with Crippen molar-refractivity contribution in [1.82, 2.24) is 20.2 Å². The van der Waals surface area contributed by atoms with E-state index in [1.54, 1.807) is 6.20 Å². The lowest BCUT2D eigenvalue weighted by Crippen LogP contribution is -2.22. The van der Waals surface area contributed by atoms with Crippen LogP contribution in [-0.4, -0.2) is 27.1 Å². The van der Waals surface area contributed by atoms with E-state index in [0.717, 1.165) is 18.4 Å². The molecule has 3 rings (SSSR count). The zero-order chi connectivity index (χ0) is 14.5. The Morgan fingerprint density at radius 3 is 2.65 bits per heavy atom. The second-order valence-corrected chi connectivity index (χ2v) is 4.24. The number of aromatic nitrogens is 4. The van der Waals surface area contributed by atoms with E-state index in [4.69, 9.17) is 0 Å². The molecule has 2 N–H and O–H groups in total. The Balaban J connectivity index is 0.000000820. The third kappa shape index (κ3) is 3.34. The van der Waals surface area contributed by atoms with Gasteiger partial charge in [-0.05, 0) is 30.4 Å². The molecule has 0 aliphatic heterocycles. The molecule has 2 heterocycles. The third-order valence-electron chi connectivity index (χ3n) is 2.82. The Hall–Kier alpha value is -2.38. The Morgan fingerprint density at radius 1 is 1.35 bits per heavy atom. The average molecular weight is 286 g/mol. The minimum absolute atomic E-state index is 0. The van der Waals surface area contributed by atoms with Gasteiger partial charge in [0, 0.05) is 9.05 Å². The fourth-order valence-corrected chi connectivity index (χ4v) is 1.75. The van der Waals surface area contributed by atoms with E-state index >= 15 is 0 Å². The minimum Gasteiger partial charge on any atom is -0.313 e. The van der Waals surface area contributed by atoms with E-state index in [-0.39, 0.29) is 2.85 Å². The lowest BCUT2D eigenvalue weighted by Gasteiger charge is -2.00. The molecule has 20 heavy (non-hydrogen) atoms. The van der Waals surface area contributed by atoms with Gasteiger partial charge in [0.25, 0.3) is 5.56 Å². The average Bonchev–Trinajstić information content (AvgIpc) is 3.24. The van der Waals surface area contributed by atoms with Crippen LogP contribution in [0.4, 0.5) is 8.78 Å². The van der Waals surface area contributed by atoms with Crippen LogP contribution in [0.3, 0.4) is 0 Å². The van der Waals surface area contributed by atoms with E-state index in [1.807, 2.05) is 6.07 Å². The number of nitrogens with zero attached hydrogens (tertiary/aromatic N) is 2. The van der Waals surface area contributed by atoms with E-state index in [2.05, 4.69) is 20.2 Å². The van der Waals surface area contributed by atoms with Gasteiger partial charge in [-0.25, -0.2) is 13.6 Å². The lowest BCUT2D eigenvalue weighted by molar-refractivity contribution is 0.295. The molecule has 8 heteroatoms. The Morgan fingerprint density at radius 2 is 2.05 bits per heavy atom. The predicted octanol–water partition coefficient (Wildman–Crippen LogP) is 1.77. The van der Waals surface area contributed by atoms with Gasteiger partial charge in [-0.1, -0.05) is 0 Å². The van der Waals surface area contributed by atoms with Crippen molar-refractivity contribution in [2.45, 2.75) is 18.8 Å². The van der Waals surface area contributed by atoms with Crippen molar-refractivity contribution in [1.29, 1.82) is 0 Å². The van der Waals surface area contributed by atoms with Gasteiger partial charge in [-0.3, -0.25) is 9.78 Å². The van der Waals surface area contributed by atoms with Crippen LogP contribution in [0.15, 0.2) is 28.0 Å². The largest absolute Gasteiger partial charge is 0.325 e. The molecule has 1 aliphatic rings. The van der Waals surface area contributed by atoms with Crippen molar-refractivity contribution in [3.63, 3.8) is 0 Å². The second kappa shape index (κ2) is 6.18. The van der Waals surface area contributed by atoms with Crippen LogP contribution in [-0.2, 0) is 0 Å². The summed E-state index contributed by atoms with van der Waals surface area (Å²) in [6.07, 6.45) is 5.41. The first-order chi connectivity index (χ1) is 9.65. The van der Waals surface area contributed by atoms with Crippen LogP contribution < -0.4 is 11.2 Å². The van der Waals surface area contributed by atoms with E-state index < -0.39 is 18.2 Å². The van der Waals surface area contributed by atoms with E-state index in [1.165, 1.54) is 6.20 Å². The highest BCUT2D eigenvalue weighted by Crippen LogP contribution is 2.40. The van der Waals surface area contributed by atoms with Gasteiger partial charge in [-0.15, -0.1) is 0 Å². The highest BCUT2D eigenvalue weighted by atomic mass is 19.3. The number of H-pyrrole nitrogens is 2. The van der Waals surface area contributed by atoms with Crippen molar-refractivity contribution in [3.8, 4) is 11.3 Å². The summed E-state index contributed by atoms with van der Waals surface area (Å²) >= 11 is 0. The highest BCUT2D eigenvalue weighted by Gasteiger charge is 2.24. The predicted molar refractivity (Wildman–Crippen MR) is 72.0 cm³/mol.